The summed E-state index contributed by atoms with van der Waals surface area (Å²) in [6.45, 7) is 6.93. The number of hydrogen-bond donors (Lipinski definition) is 0. The lowest BCUT2D eigenvalue weighted by atomic mass is 10.0. The van der Waals surface area contributed by atoms with Crippen LogP contribution in [-0.4, -0.2) is 11.9 Å². The average Bonchev–Trinajstić information content (AvgIpc) is 2.28. The molecular weight excluding hydrogens is 244 g/mol. The maximum Gasteiger partial charge on any atom is 0.308 e. The summed E-state index contributed by atoms with van der Waals surface area (Å²) < 4.78 is 10.1. The maximum atomic E-state index is 11.1. The molecule has 0 aliphatic heterocycles. The fourth-order valence-electron chi connectivity index (χ4n) is 1.64. The standard InChI is InChI=1S/C15H20O4/c1-10(2)5-6-13-7-8-14(18-11(3)16)15(9-13)19-12(4)17/h7-10H,5-6H2,1-4H3. The van der Waals surface area contributed by atoms with Crippen LogP contribution >= 0.6 is 0 Å². The van der Waals surface area contributed by atoms with Gasteiger partial charge in [0.2, 0.25) is 0 Å². The molecule has 1 aromatic rings. The van der Waals surface area contributed by atoms with Crippen molar-refractivity contribution in [1.82, 2.24) is 0 Å². The molecule has 0 saturated carbocycles. The van der Waals surface area contributed by atoms with Gasteiger partial charge in [0.25, 0.3) is 0 Å². The van der Waals surface area contributed by atoms with Crippen LogP contribution < -0.4 is 9.47 Å². The van der Waals surface area contributed by atoms with Gasteiger partial charge in [0.15, 0.2) is 11.5 Å². The van der Waals surface area contributed by atoms with E-state index >= 15 is 0 Å². The zero-order chi connectivity index (χ0) is 14.4. The normalized spacial score (nSPS) is 10.4. The van der Waals surface area contributed by atoms with E-state index in [0.29, 0.717) is 11.7 Å². The monoisotopic (exact) mass is 264 g/mol. The first kappa shape index (κ1) is 15.2. The number of carbonyl (C=O) groups is 2. The van der Waals surface area contributed by atoms with Crippen molar-refractivity contribution in [2.45, 2.75) is 40.5 Å². The predicted octanol–water partition coefficient (Wildman–Crippen LogP) is 3.13. The Morgan fingerprint density at radius 3 is 2.16 bits per heavy atom. The summed E-state index contributed by atoms with van der Waals surface area (Å²) in [7, 11) is 0. The zero-order valence-corrected chi connectivity index (χ0v) is 11.9. The van der Waals surface area contributed by atoms with E-state index in [1.807, 2.05) is 6.07 Å². The molecule has 0 bridgehead atoms. The predicted molar refractivity (Wildman–Crippen MR) is 72.2 cm³/mol. The highest BCUT2D eigenvalue weighted by Crippen LogP contribution is 2.29. The number of rotatable bonds is 5. The van der Waals surface area contributed by atoms with Crippen LogP contribution in [0, 0.1) is 5.92 Å². The van der Waals surface area contributed by atoms with Gasteiger partial charge in [-0.05, 0) is 36.5 Å². The third kappa shape index (κ3) is 5.55. The van der Waals surface area contributed by atoms with Crippen molar-refractivity contribution in [1.29, 1.82) is 0 Å². The van der Waals surface area contributed by atoms with E-state index in [1.165, 1.54) is 13.8 Å². The van der Waals surface area contributed by atoms with E-state index in [2.05, 4.69) is 13.8 Å². The van der Waals surface area contributed by atoms with Gasteiger partial charge in [-0.3, -0.25) is 9.59 Å². The molecule has 0 amide bonds. The molecule has 0 atom stereocenters. The molecule has 104 valence electrons. The number of benzene rings is 1. The van der Waals surface area contributed by atoms with Crippen molar-refractivity contribution < 1.29 is 19.1 Å². The van der Waals surface area contributed by atoms with Gasteiger partial charge >= 0.3 is 11.9 Å². The van der Waals surface area contributed by atoms with Crippen LogP contribution in [-0.2, 0) is 16.0 Å². The first-order valence-electron chi connectivity index (χ1n) is 6.38. The Morgan fingerprint density at radius 2 is 1.63 bits per heavy atom. The van der Waals surface area contributed by atoms with Crippen molar-refractivity contribution in [2.24, 2.45) is 5.92 Å². The molecule has 0 saturated heterocycles. The Bertz CT molecular complexity index is 463. The van der Waals surface area contributed by atoms with E-state index in [1.54, 1.807) is 12.1 Å². The van der Waals surface area contributed by atoms with Crippen LogP contribution in [0.3, 0.4) is 0 Å². The smallest absolute Gasteiger partial charge is 0.308 e. The molecule has 0 aliphatic rings. The number of esters is 2. The van der Waals surface area contributed by atoms with Gasteiger partial charge in [-0.2, -0.15) is 0 Å². The number of aryl methyl sites for hydroxylation is 1. The summed E-state index contributed by atoms with van der Waals surface area (Å²) in [4.78, 5) is 22.1. The molecule has 0 heterocycles. The summed E-state index contributed by atoms with van der Waals surface area (Å²) in [6, 6.07) is 5.30. The number of carbonyl (C=O) groups excluding carboxylic acids is 2. The van der Waals surface area contributed by atoms with Gasteiger partial charge in [-0.15, -0.1) is 0 Å². The van der Waals surface area contributed by atoms with Crippen LogP contribution in [0.4, 0.5) is 0 Å². The lowest BCUT2D eigenvalue weighted by Crippen LogP contribution is -2.07. The fraction of sp³-hybridized carbons (Fsp3) is 0.467. The van der Waals surface area contributed by atoms with Crippen molar-refractivity contribution in [2.75, 3.05) is 0 Å². The van der Waals surface area contributed by atoms with Gasteiger partial charge in [0.1, 0.15) is 0 Å². The van der Waals surface area contributed by atoms with Gasteiger partial charge in [0.05, 0.1) is 0 Å². The van der Waals surface area contributed by atoms with E-state index < -0.39 is 11.9 Å². The topological polar surface area (TPSA) is 52.6 Å². The van der Waals surface area contributed by atoms with Crippen molar-refractivity contribution in [3.63, 3.8) is 0 Å². The van der Waals surface area contributed by atoms with Gasteiger partial charge in [-0.1, -0.05) is 19.9 Å². The van der Waals surface area contributed by atoms with E-state index in [4.69, 9.17) is 9.47 Å². The molecule has 1 rings (SSSR count). The van der Waals surface area contributed by atoms with Crippen molar-refractivity contribution >= 4 is 11.9 Å². The van der Waals surface area contributed by atoms with Crippen LogP contribution in [0.2, 0.25) is 0 Å². The SMILES string of the molecule is CC(=O)Oc1ccc(CCC(C)C)cc1OC(C)=O. The minimum atomic E-state index is -0.441. The molecule has 0 radical (unpaired) electrons. The highest BCUT2D eigenvalue weighted by atomic mass is 16.6. The summed E-state index contributed by atoms with van der Waals surface area (Å²) in [5.74, 6) is 0.294. The zero-order valence-electron chi connectivity index (χ0n) is 11.9. The lowest BCUT2D eigenvalue weighted by molar-refractivity contribution is -0.134. The second-order valence-corrected chi connectivity index (χ2v) is 4.90. The third-order valence-corrected chi connectivity index (χ3v) is 2.53. The maximum absolute atomic E-state index is 11.1. The van der Waals surface area contributed by atoms with E-state index in [9.17, 15) is 9.59 Å². The molecule has 4 heteroatoms. The fourth-order valence-corrected chi connectivity index (χ4v) is 1.64. The highest BCUT2D eigenvalue weighted by Gasteiger charge is 2.11. The van der Waals surface area contributed by atoms with Gasteiger partial charge in [0, 0.05) is 13.8 Å². The number of hydrogen-bond acceptors (Lipinski definition) is 4. The molecule has 0 unspecified atom stereocenters. The van der Waals surface area contributed by atoms with Gasteiger partial charge in [-0.25, -0.2) is 0 Å². The molecule has 19 heavy (non-hydrogen) atoms. The Morgan fingerprint density at radius 1 is 1.05 bits per heavy atom. The Labute approximate surface area is 113 Å². The molecule has 0 aromatic heterocycles. The van der Waals surface area contributed by atoms with E-state index in [0.717, 1.165) is 18.4 Å². The Kier molecular flexibility index (Phi) is 5.55. The van der Waals surface area contributed by atoms with Gasteiger partial charge < -0.3 is 9.47 Å². The number of ether oxygens (including phenoxy) is 2. The molecule has 4 nitrogen and oxygen atoms in total. The Hall–Kier alpha value is -1.84. The first-order valence-corrected chi connectivity index (χ1v) is 6.38. The summed E-state index contributed by atoms with van der Waals surface area (Å²) in [5, 5.41) is 0. The molecule has 0 N–H and O–H groups in total. The minimum Gasteiger partial charge on any atom is -0.423 e. The minimum absolute atomic E-state index is 0.274. The van der Waals surface area contributed by atoms with Crippen LogP contribution in [0.25, 0.3) is 0 Å². The van der Waals surface area contributed by atoms with E-state index in [-0.39, 0.29) is 5.75 Å². The molecule has 0 spiro atoms. The van der Waals surface area contributed by atoms with Crippen molar-refractivity contribution in [3.8, 4) is 11.5 Å². The summed E-state index contributed by atoms with van der Waals surface area (Å²) in [5.41, 5.74) is 1.06. The molecule has 1 aromatic carbocycles. The quantitative estimate of drug-likeness (QED) is 0.605. The lowest BCUT2D eigenvalue weighted by Gasteiger charge is -2.11. The highest BCUT2D eigenvalue weighted by molar-refractivity contribution is 5.73. The first-order chi connectivity index (χ1) is 8.88. The second kappa shape index (κ2) is 6.92. The summed E-state index contributed by atoms with van der Waals surface area (Å²) >= 11 is 0. The van der Waals surface area contributed by atoms with Crippen LogP contribution in [0.5, 0.6) is 11.5 Å². The molecule has 0 aliphatic carbocycles. The van der Waals surface area contributed by atoms with Crippen molar-refractivity contribution in [3.05, 3.63) is 23.8 Å². The Balaban J connectivity index is 2.93. The van der Waals surface area contributed by atoms with Crippen LogP contribution in [0.1, 0.15) is 39.7 Å². The average molecular weight is 264 g/mol. The van der Waals surface area contributed by atoms with Crippen LogP contribution in [0.15, 0.2) is 18.2 Å². The third-order valence-electron chi connectivity index (χ3n) is 2.53. The summed E-state index contributed by atoms with van der Waals surface area (Å²) in [6.07, 6.45) is 1.94. The molecule has 0 fully saturated rings. The second-order valence-electron chi connectivity index (χ2n) is 4.90. The molecular formula is C15H20O4. The largest absolute Gasteiger partial charge is 0.423 e.